The standard InChI is InChI=1S/C16H17NO5S/c1-10-12(8-14(22-10)16(19)20)9-17-15(18)7-11-3-5-13(6-4-11)23(2)21/h3-6,8H,7,9H2,1-2H3,(H,17,18)(H,19,20). The zero-order chi connectivity index (χ0) is 17.0. The minimum atomic E-state index is -1.14. The zero-order valence-corrected chi connectivity index (χ0v) is 13.6. The molecule has 0 radical (unpaired) electrons. The molecule has 23 heavy (non-hydrogen) atoms. The maximum Gasteiger partial charge on any atom is 0.371 e. The summed E-state index contributed by atoms with van der Waals surface area (Å²) in [5, 5.41) is 11.6. The van der Waals surface area contributed by atoms with Gasteiger partial charge in [-0.1, -0.05) is 12.1 Å². The highest BCUT2D eigenvalue weighted by molar-refractivity contribution is 7.84. The molecule has 0 saturated heterocycles. The third-order valence-corrected chi connectivity index (χ3v) is 4.26. The van der Waals surface area contributed by atoms with Gasteiger partial charge in [0, 0.05) is 34.1 Å². The Morgan fingerprint density at radius 3 is 2.43 bits per heavy atom. The first-order valence-electron chi connectivity index (χ1n) is 6.88. The Labute approximate surface area is 136 Å². The molecular formula is C16H17NO5S. The molecule has 7 heteroatoms. The number of furan rings is 1. The first-order chi connectivity index (χ1) is 10.9. The lowest BCUT2D eigenvalue weighted by atomic mass is 10.1. The van der Waals surface area contributed by atoms with Gasteiger partial charge in [0.15, 0.2) is 0 Å². The topological polar surface area (TPSA) is 96.6 Å². The molecule has 1 aromatic heterocycles. The summed E-state index contributed by atoms with van der Waals surface area (Å²) in [6, 6.07) is 8.41. The summed E-state index contributed by atoms with van der Waals surface area (Å²) < 4.78 is 16.4. The van der Waals surface area contributed by atoms with Crippen molar-refractivity contribution in [3.8, 4) is 0 Å². The molecule has 1 atom stereocenters. The smallest absolute Gasteiger partial charge is 0.371 e. The number of aryl methyl sites for hydroxylation is 1. The average Bonchev–Trinajstić information content (AvgIpc) is 2.87. The van der Waals surface area contributed by atoms with Crippen LogP contribution in [0.5, 0.6) is 0 Å². The molecule has 0 bridgehead atoms. The van der Waals surface area contributed by atoms with Gasteiger partial charge < -0.3 is 14.8 Å². The van der Waals surface area contributed by atoms with Crippen LogP contribution in [0.1, 0.15) is 27.4 Å². The van der Waals surface area contributed by atoms with Crippen LogP contribution < -0.4 is 5.32 Å². The van der Waals surface area contributed by atoms with Gasteiger partial charge in [-0.15, -0.1) is 0 Å². The molecule has 6 nitrogen and oxygen atoms in total. The van der Waals surface area contributed by atoms with Gasteiger partial charge in [-0.3, -0.25) is 9.00 Å². The Balaban J connectivity index is 1.92. The number of carbonyl (C=O) groups excluding carboxylic acids is 1. The second-order valence-corrected chi connectivity index (χ2v) is 6.43. The molecule has 1 unspecified atom stereocenters. The van der Waals surface area contributed by atoms with Crippen molar-refractivity contribution in [2.24, 2.45) is 0 Å². The fraction of sp³-hybridized carbons (Fsp3) is 0.250. The van der Waals surface area contributed by atoms with Crippen molar-refractivity contribution in [2.45, 2.75) is 24.8 Å². The van der Waals surface area contributed by atoms with E-state index in [1.807, 2.05) is 0 Å². The van der Waals surface area contributed by atoms with E-state index < -0.39 is 16.8 Å². The molecular weight excluding hydrogens is 318 g/mol. The Kier molecular flexibility index (Phi) is 5.33. The second-order valence-electron chi connectivity index (χ2n) is 5.05. The summed E-state index contributed by atoms with van der Waals surface area (Å²) in [7, 11) is -1.04. The van der Waals surface area contributed by atoms with E-state index in [2.05, 4.69) is 5.32 Å². The van der Waals surface area contributed by atoms with Crippen molar-refractivity contribution < 1.29 is 23.3 Å². The Morgan fingerprint density at radius 2 is 1.91 bits per heavy atom. The number of benzene rings is 1. The normalized spacial score (nSPS) is 11.9. The maximum absolute atomic E-state index is 11.9. The highest BCUT2D eigenvalue weighted by atomic mass is 32.2. The fourth-order valence-electron chi connectivity index (χ4n) is 2.04. The van der Waals surface area contributed by atoms with Crippen LogP contribution in [0.3, 0.4) is 0 Å². The zero-order valence-electron chi connectivity index (χ0n) is 12.8. The molecule has 0 aliphatic heterocycles. The third-order valence-electron chi connectivity index (χ3n) is 3.33. The van der Waals surface area contributed by atoms with Crippen LogP contribution in [-0.4, -0.2) is 27.4 Å². The van der Waals surface area contributed by atoms with Gasteiger partial charge in [0.25, 0.3) is 0 Å². The van der Waals surface area contributed by atoms with E-state index in [1.165, 1.54) is 6.07 Å². The van der Waals surface area contributed by atoms with E-state index in [-0.39, 0.29) is 24.6 Å². The Morgan fingerprint density at radius 1 is 1.26 bits per heavy atom. The summed E-state index contributed by atoms with van der Waals surface area (Å²) in [6.45, 7) is 1.86. The van der Waals surface area contributed by atoms with Gasteiger partial charge in [0.05, 0.1) is 6.42 Å². The van der Waals surface area contributed by atoms with Crippen molar-refractivity contribution >= 4 is 22.7 Å². The first kappa shape index (κ1) is 17.0. The third kappa shape index (κ3) is 4.53. The molecule has 2 rings (SSSR count). The quantitative estimate of drug-likeness (QED) is 0.840. The Hall–Kier alpha value is -2.41. The molecule has 0 spiro atoms. The minimum absolute atomic E-state index is 0.144. The van der Waals surface area contributed by atoms with Crippen LogP contribution in [0.4, 0.5) is 0 Å². The number of carbonyl (C=O) groups is 2. The monoisotopic (exact) mass is 335 g/mol. The molecule has 2 N–H and O–H groups in total. The lowest BCUT2D eigenvalue weighted by Crippen LogP contribution is -2.24. The van der Waals surface area contributed by atoms with E-state index in [4.69, 9.17) is 9.52 Å². The van der Waals surface area contributed by atoms with Gasteiger partial charge in [-0.2, -0.15) is 0 Å². The molecule has 0 aliphatic rings. The number of carboxylic acids is 1. The Bertz CT molecular complexity index is 748. The largest absolute Gasteiger partial charge is 0.475 e. The average molecular weight is 335 g/mol. The van der Waals surface area contributed by atoms with Gasteiger partial charge in [0.1, 0.15) is 5.76 Å². The van der Waals surface area contributed by atoms with Crippen LogP contribution in [0.25, 0.3) is 0 Å². The number of nitrogens with one attached hydrogen (secondary N) is 1. The van der Waals surface area contributed by atoms with Crippen molar-refractivity contribution in [3.05, 3.63) is 53.0 Å². The van der Waals surface area contributed by atoms with E-state index >= 15 is 0 Å². The number of carboxylic acid groups (broad SMARTS) is 1. The number of rotatable bonds is 6. The summed E-state index contributed by atoms with van der Waals surface area (Å²) in [4.78, 5) is 23.5. The van der Waals surface area contributed by atoms with Crippen LogP contribution >= 0.6 is 0 Å². The van der Waals surface area contributed by atoms with E-state index in [0.29, 0.717) is 16.2 Å². The molecule has 1 amide bonds. The second kappa shape index (κ2) is 7.23. The van der Waals surface area contributed by atoms with Crippen molar-refractivity contribution in [1.29, 1.82) is 0 Å². The predicted octanol–water partition coefficient (Wildman–Crippen LogP) is 1.88. The minimum Gasteiger partial charge on any atom is -0.475 e. The summed E-state index contributed by atoms with van der Waals surface area (Å²) in [5.74, 6) is -1.00. The van der Waals surface area contributed by atoms with Crippen LogP contribution in [0.15, 0.2) is 39.6 Å². The number of hydrogen-bond donors (Lipinski definition) is 2. The maximum atomic E-state index is 11.9. The first-order valence-corrected chi connectivity index (χ1v) is 8.44. The lowest BCUT2D eigenvalue weighted by molar-refractivity contribution is -0.120. The lowest BCUT2D eigenvalue weighted by Gasteiger charge is -2.05. The van der Waals surface area contributed by atoms with Crippen LogP contribution in [-0.2, 0) is 28.6 Å². The molecule has 1 aromatic carbocycles. The van der Waals surface area contributed by atoms with E-state index in [0.717, 1.165) is 5.56 Å². The van der Waals surface area contributed by atoms with E-state index in [1.54, 1.807) is 37.4 Å². The highest BCUT2D eigenvalue weighted by Gasteiger charge is 2.13. The van der Waals surface area contributed by atoms with Gasteiger partial charge in [-0.05, 0) is 30.7 Å². The highest BCUT2D eigenvalue weighted by Crippen LogP contribution is 2.14. The van der Waals surface area contributed by atoms with Crippen molar-refractivity contribution in [2.75, 3.05) is 6.26 Å². The van der Waals surface area contributed by atoms with Crippen LogP contribution in [0, 0.1) is 6.92 Å². The summed E-state index contributed by atoms with van der Waals surface area (Å²) in [6.07, 6.45) is 1.79. The van der Waals surface area contributed by atoms with Gasteiger partial charge in [0.2, 0.25) is 11.7 Å². The SMILES string of the molecule is Cc1oc(C(=O)O)cc1CNC(=O)Cc1ccc(S(C)=O)cc1. The van der Waals surface area contributed by atoms with Gasteiger partial charge in [-0.25, -0.2) is 4.79 Å². The molecule has 1 heterocycles. The van der Waals surface area contributed by atoms with Crippen molar-refractivity contribution in [3.63, 3.8) is 0 Å². The fourth-order valence-corrected chi connectivity index (χ4v) is 2.56. The van der Waals surface area contributed by atoms with Crippen LogP contribution in [0.2, 0.25) is 0 Å². The molecule has 122 valence electrons. The molecule has 0 saturated carbocycles. The molecule has 0 aliphatic carbocycles. The summed E-state index contributed by atoms with van der Waals surface area (Å²) >= 11 is 0. The number of amides is 1. The molecule has 2 aromatic rings. The summed E-state index contributed by atoms with van der Waals surface area (Å²) in [5.41, 5.74) is 1.44. The van der Waals surface area contributed by atoms with Crippen molar-refractivity contribution in [1.82, 2.24) is 5.32 Å². The molecule has 0 fully saturated rings. The number of hydrogen-bond acceptors (Lipinski definition) is 4. The predicted molar refractivity (Wildman–Crippen MR) is 84.7 cm³/mol. The van der Waals surface area contributed by atoms with Gasteiger partial charge >= 0.3 is 5.97 Å². The van der Waals surface area contributed by atoms with E-state index in [9.17, 15) is 13.8 Å². The number of aromatic carboxylic acids is 1.